The third kappa shape index (κ3) is 3.23. The SMILES string of the molecule is COCC(CNC1CCCC12CCOCC2)OC. The van der Waals surface area contributed by atoms with Crippen LogP contribution in [0.15, 0.2) is 0 Å². The van der Waals surface area contributed by atoms with E-state index in [9.17, 15) is 0 Å². The van der Waals surface area contributed by atoms with E-state index in [0.29, 0.717) is 18.1 Å². The Kier molecular flexibility index (Phi) is 5.42. The zero-order valence-electron chi connectivity index (χ0n) is 11.7. The van der Waals surface area contributed by atoms with Gasteiger partial charge in [-0.3, -0.25) is 0 Å². The number of hydrogen-bond donors (Lipinski definition) is 1. The lowest BCUT2D eigenvalue weighted by molar-refractivity contribution is -0.00477. The quantitative estimate of drug-likeness (QED) is 0.784. The van der Waals surface area contributed by atoms with Gasteiger partial charge in [0.25, 0.3) is 0 Å². The molecule has 4 heteroatoms. The molecule has 2 unspecified atom stereocenters. The van der Waals surface area contributed by atoms with Crippen molar-refractivity contribution in [2.24, 2.45) is 5.41 Å². The molecule has 2 rings (SSSR count). The summed E-state index contributed by atoms with van der Waals surface area (Å²) in [6.45, 7) is 3.41. The summed E-state index contributed by atoms with van der Waals surface area (Å²) in [5.74, 6) is 0. The molecular formula is C14H27NO3. The number of hydrogen-bond acceptors (Lipinski definition) is 4. The maximum Gasteiger partial charge on any atom is 0.0928 e. The van der Waals surface area contributed by atoms with E-state index in [1.54, 1.807) is 14.2 Å². The second kappa shape index (κ2) is 6.85. The van der Waals surface area contributed by atoms with Gasteiger partial charge in [-0.05, 0) is 31.1 Å². The molecule has 0 aromatic heterocycles. The number of nitrogens with one attached hydrogen (secondary N) is 1. The molecule has 0 aromatic rings. The van der Waals surface area contributed by atoms with Crippen molar-refractivity contribution in [1.29, 1.82) is 0 Å². The van der Waals surface area contributed by atoms with Gasteiger partial charge in [-0.25, -0.2) is 0 Å². The summed E-state index contributed by atoms with van der Waals surface area (Å²) in [4.78, 5) is 0. The first-order chi connectivity index (χ1) is 8.80. The molecule has 2 fully saturated rings. The average Bonchev–Trinajstić information content (AvgIpc) is 2.78. The first-order valence-corrected chi connectivity index (χ1v) is 7.13. The molecule has 1 aliphatic heterocycles. The van der Waals surface area contributed by atoms with Gasteiger partial charge in [0, 0.05) is 40.0 Å². The van der Waals surface area contributed by atoms with Crippen molar-refractivity contribution in [2.75, 3.05) is 40.6 Å². The maximum absolute atomic E-state index is 5.52. The van der Waals surface area contributed by atoms with Gasteiger partial charge in [0.15, 0.2) is 0 Å². The first kappa shape index (κ1) is 14.3. The van der Waals surface area contributed by atoms with Crippen LogP contribution in [0.3, 0.4) is 0 Å². The highest BCUT2D eigenvalue weighted by molar-refractivity contribution is 4.97. The molecule has 106 valence electrons. The minimum atomic E-state index is 0.160. The average molecular weight is 257 g/mol. The molecule has 0 radical (unpaired) electrons. The van der Waals surface area contributed by atoms with Crippen molar-refractivity contribution < 1.29 is 14.2 Å². The Bertz CT molecular complexity index is 241. The van der Waals surface area contributed by atoms with Gasteiger partial charge in [-0.2, -0.15) is 0 Å². The van der Waals surface area contributed by atoms with Crippen LogP contribution in [0.25, 0.3) is 0 Å². The van der Waals surface area contributed by atoms with Crippen molar-refractivity contribution in [2.45, 2.75) is 44.2 Å². The molecule has 1 N–H and O–H groups in total. The van der Waals surface area contributed by atoms with E-state index in [1.165, 1.54) is 32.1 Å². The predicted molar refractivity (Wildman–Crippen MR) is 70.8 cm³/mol. The largest absolute Gasteiger partial charge is 0.382 e. The molecule has 18 heavy (non-hydrogen) atoms. The van der Waals surface area contributed by atoms with Crippen LogP contribution in [0.4, 0.5) is 0 Å². The van der Waals surface area contributed by atoms with Gasteiger partial charge in [0.1, 0.15) is 0 Å². The molecule has 1 spiro atoms. The lowest BCUT2D eigenvalue weighted by Crippen LogP contribution is -2.47. The van der Waals surface area contributed by atoms with E-state index < -0.39 is 0 Å². The lowest BCUT2D eigenvalue weighted by atomic mass is 9.75. The summed E-state index contributed by atoms with van der Waals surface area (Å²) in [7, 11) is 3.48. The van der Waals surface area contributed by atoms with Gasteiger partial charge in [-0.15, -0.1) is 0 Å². The zero-order chi connectivity index (χ0) is 12.8. The van der Waals surface area contributed by atoms with Crippen molar-refractivity contribution in [3.63, 3.8) is 0 Å². The van der Waals surface area contributed by atoms with Gasteiger partial charge < -0.3 is 19.5 Å². The van der Waals surface area contributed by atoms with Crippen LogP contribution in [0.5, 0.6) is 0 Å². The smallest absolute Gasteiger partial charge is 0.0928 e. The van der Waals surface area contributed by atoms with Gasteiger partial charge in [-0.1, -0.05) is 6.42 Å². The molecule has 0 aromatic carbocycles. The predicted octanol–water partition coefficient (Wildman–Crippen LogP) is 1.59. The molecule has 1 aliphatic carbocycles. The highest BCUT2D eigenvalue weighted by atomic mass is 16.5. The molecule has 1 saturated heterocycles. The van der Waals surface area contributed by atoms with Gasteiger partial charge in [0.05, 0.1) is 12.7 Å². The zero-order valence-corrected chi connectivity index (χ0v) is 11.7. The fraction of sp³-hybridized carbons (Fsp3) is 1.00. The Labute approximate surface area is 110 Å². The Hall–Kier alpha value is -0.160. The Morgan fingerprint density at radius 3 is 2.72 bits per heavy atom. The van der Waals surface area contributed by atoms with E-state index in [4.69, 9.17) is 14.2 Å². The van der Waals surface area contributed by atoms with Gasteiger partial charge in [0.2, 0.25) is 0 Å². The summed E-state index contributed by atoms with van der Waals surface area (Å²) in [6, 6.07) is 0.635. The minimum absolute atomic E-state index is 0.160. The topological polar surface area (TPSA) is 39.7 Å². The summed E-state index contributed by atoms with van der Waals surface area (Å²) in [5.41, 5.74) is 0.490. The van der Waals surface area contributed by atoms with Crippen LogP contribution in [-0.4, -0.2) is 52.7 Å². The molecule has 2 aliphatic rings. The molecule has 1 saturated carbocycles. The summed E-state index contributed by atoms with van der Waals surface area (Å²) in [6.07, 6.45) is 6.59. The van der Waals surface area contributed by atoms with Crippen LogP contribution < -0.4 is 5.32 Å². The van der Waals surface area contributed by atoms with Gasteiger partial charge >= 0.3 is 0 Å². The number of ether oxygens (including phenoxy) is 3. The standard InChI is InChI=1S/C14H27NO3/c1-16-11-12(17-2)10-15-13-4-3-5-14(13)6-8-18-9-7-14/h12-13,15H,3-11H2,1-2H3. The number of rotatable bonds is 6. The second-order valence-electron chi connectivity index (χ2n) is 5.64. The van der Waals surface area contributed by atoms with E-state index >= 15 is 0 Å². The molecular weight excluding hydrogens is 230 g/mol. The van der Waals surface area contributed by atoms with Crippen LogP contribution >= 0.6 is 0 Å². The van der Waals surface area contributed by atoms with Crippen molar-refractivity contribution in [1.82, 2.24) is 5.32 Å². The molecule has 2 atom stereocenters. The highest BCUT2D eigenvalue weighted by Crippen LogP contribution is 2.45. The van der Waals surface area contributed by atoms with E-state index in [-0.39, 0.29) is 6.10 Å². The number of methoxy groups -OCH3 is 2. The minimum Gasteiger partial charge on any atom is -0.382 e. The molecule has 0 amide bonds. The van der Waals surface area contributed by atoms with Crippen LogP contribution in [-0.2, 0) is 14.2 Å². The fourth-order valence-electron chi connectivity index (χ4n) is 3.50. The molecule has 0 bridgehead atoms. The summed E-state index contributed by atoms with van der Waals surface area (Å²) >= 11 is 0. The van der Waals surface area contributed by atoms with E-state index in [0.717, 1.165) is 19.8 Å². The third-order valence-corrected chi connectivity index (χ3v) is 4.67. The summed E-state index contributed by atoms with van der Waals surface area (Å²) in [5, 5.41) is 3.72. The van der Waals surface area contributed by atoms with Crippen molar-refractivity contribution in [3.05, 3.63) is 0 Å². The van der Waals surface area contributed by atoms with E-state index in [2.05, 4.69) is 5.32 Å². The second-order valence-corrected chi connectivity index (χ2v) is 5.64. The van der Waals surface area contributed by atoms with Crippen molar-refractivity contribution in [3.8, 4) is 0 Å². The third-order valence-electron chi connectivity index (χ3n) is 4.67. The Balaban J connectivity index is 1.83. The molecule has 4 nitrogen and oxygen atoms in total. The summed E-state index contributed by atoms with van der Waals surface area (Å²) < 4.78 is 16.1. The van der Waals surface area contributed by atoms with Crippen molar-refractivity contribution >= 4 is 0 Å². The fourth-order valence-corrected chi connectivity index (χ4v) is 3.50. The maximum atomic E-state index is 5.52. The normalized spacial score (nSPS) is 28.7. The van der Waals surface area contributed by atoms with Crippen LogP contribution in [0.1, 0.15) is 32.1 Å². The Morgan fingerprint density at radius 1 is 1.28 bits per heavy atom. The van der Waals surface area contributed by atoms with Crippen LogP contribution in [0, 0.1) is 5.41 Å². The van der Waals surface area contributed by atoms with Crippen LogP contribution in [0.2, 0.25) is 0 Å². The first-order valence-electron chi connectivity index (χ1n) is 7.13. The monoisotopic (exact) mass is 257 g/mol. The highest BCUT2D eigenvalue weighted by Gasteiger charge is 2.43. The van der Waals surface area contributed by atoms with E-state index in [1.807, 2.05) is 0 Å². The Morgan fingerprint density at radius 2 is 2.06 bits per heavy atom. The lowest BCUT2D eigenvalue weighted by Gasteiger charge is -2.39. The molecule has 1 heterocycles.